The minimum Gasteiger partial charge on any atom is -0.508 e. The van der Waals surface area contributed by atoms with E-state index >= 15 is 0 Å². The minimum atomic E-state index is 0.243. The number of hydrogen-bond acceptors (Lipinski definition) is 3. The van der Waals surface area contributed by atoms with E-state index in [1.54, 1.807) is 12.2 Å². The quantitative estimate of drug-likeness (QED) is 0.800. The van der Waals surface area contributed by atoms with Gasteiger partial charge in [0.05, 0.1) is 5.69 Å². The lowest BCUT2D eigenvalue weighted by Crippen LogP contribution is -2.22. The van der Waals surface area contributed by atoms with Gasteiger partial charge in [0.2, 0.25) is 0 Å². The number of allylic oxidation sites excluding steroid dienone is 3. The lowest BCUT2D eigenvalue weighted by atomic mass is 10.1. The van der Waals surface area contributed by atoms with Gasteiger partial charge in [-0.25, -0.2) is 0 Å². The molecule has 0 aromatic carbocycles. The fraction of sp³-hybridized carbons (Fsp3) is 0.214. The van der Waals surface area contributed by atoms with Crippen molar-refractivity contribution in [3.05, 3.63) is 59.4 Å². The van der Waals surface area contributed by atoms with Crippen LogP contribution < -0.4 is 4.90 Å². The van der Waals surface area contributed by atoms with Crippen LogP contribution in [0.5, 0.6) is 0 Å². The van der Waals surface area contributed by atoms with Crippen LogP contribution in [0.3, 0.4) is 0 Å². The molecule has 17 heavy (non-hydrogen) atoms. The van der Waals surface area contributed by atoms with Crippen LogP contribution in [0.25, 0.3) is 0 Å². The van der Waals surface area contributed by atoms with Crippen molar-refractivity contribution in [3.8, 4) is 0 Å². The molecule has 2 heterocycles. The molecule has 0 fully saturated rings. The lowest BCUT2D eigenvalue weighted by Gasteiger charge is -2.30. The maximum absolute atomic E-state index is 9.52. The zero-order chi connectivity index (χ0) is 12.6. The number of hydrogen-bond donors (Lipinski definition) is 1. The highest BCUT2D eigenvalue weighted by Gasteiger charge is 2.17. The summed E-state index contributed by atoms with van der Waals surface area (Å²) in [7, 11) is 0. The normalized spacial score (nSPS) is 15.7. The maximum atomic E-state index is 9.52. The zero-order valence-electron chi connectivity index (χ0n) is 10.4. The summed E-state index contributed by atoms with van der Waals surface area (Å²) in [6.45, 7) is 9.89. The van der Waals surface area contributed by atoms with Gasteiger partial charge in [0.1, 0.15) is 5.76 Å². The summed E-state index contributed by atoms with van der Waals surface area (Å²) in [5.41, 5.74) is 4.81. The summed E-state index contributed by atoms with van der Waals surface area (Å²) in [6.07, 6.45) is 5.23. The summed E-state index contributed by atoms with van der Waals surface area (Å²) in [5, 5.41) is 9.52. The van der Waals surface area contributed by atoms with Gasteiger partial charge < -0.3 is 10.0 Å². The van der Waals surface area contributed by atoms with Crippen molar-refractivity contribution in [1.82, 2.24) is 4.98 Å². The molecule has 0 atom stereocenters. The Balaban J connectivity index is 2.51. The van der Waals surface area contributed by atoms with E-state index in [-0.39, 0.29) is 5.76 Å². The van der Waals surface area contributed by atoms with Crippen LogP contribution in [0.4, 0.5) is 5.69 Å². The Morgan fingerprint density at radius 2 is 1.94 bits per heavy atom. The largest absolute Gasteiger partial charge is 0.508 e. The predicted molar refractivity (Wildman–Crippen MR) is 69.8 cm³/mol. The summed E-state index contributed by atoms with van der Waals surface area (Å²) < 4.78 is 0. The zero-order valence-corrected chi connectivity index (χ0v) is 10.4. The van der Waals surface area contributed by atoms with Crippen molar-refractivity contribution >= 4 is 5.69 Å². The van der Waals surface area contributed by atoms with Crippen LogP contribution in [0, 0.1) is 13.8 Å². The van der Waals surface area contributed by atoms with Crippen LogP contribution >= 0.6 is 0 Å². The molecule has 1 aromatic heterocycles. The molecule has 0 unspecified atom stereocenters. The van der Waals surface area contributed by atoms with Crippen LogP contribution in [-0.2, 0) is 0 Å². The summed E-state index contributed by atoms with van der Waals surface area (Å²) >= 11 is 0. The topological polar surface area (TPSA) is 36.4 Å². The lowest BCUT2D eigenvalue weighted by molar-refractivity contribution is 0.429. The molecule has 1 aromatic rings. The average molecular weight is 228 g/mol. The molecule has 1 aliphatic heterocycles. The van der Waals surface area contributed by atoms with E-state index in [9.17, 15) is 5.11 Å². The number of aliphatic hydroxyl groups excluding tert-OH is 1. The van der Waals surface area contributed by atoms with Crippen molar-refractivity contribution in [3.63, 3.8) is 0 Å². The maximum Gasteiger partial charge on any atom is 0.119 e. The second-order valence-corrected chi connectivity index (χ2v) is 4.29. The Morgan fingerprint density at radius 1 is 1.24 bits per heavy atom. The first-order chi connectivity index (χ1) is 7.99. The third-order valence-corrected chi connectivity index (χ3v) is 2.76. The van der Waals surface area contributed by atoms with E-state index in [0.29, 0.717) is 0 Å². The van der Waals surface area contributed by atoms with E-state index in [0.717, 1.165) is 28.3 Å². The number of aromatic nitrogens is 1. The number of rotatable bonds is 1. The molecule has 3 heteroatoms. The first-order valence-electron chi connectivity index (χ1n) is 5.50. The van der Waals surface area contributed by atoms with Crippen LogP contribution in [-0.4, -0.2) is 10.1 Å². The third-order valence-electron chi connectivity index (χ3n) is 2.76. The second kappa shape index (κ2) is 4.09. The Bertz CT molecular complexity index is 541. The molecule has 0 bridgehead atoms. The van der Waals surface area contributed by atoms with E-state index in [1.165, 1.54) is 0 Å². The van der Waals surface area contributed by atoms with E-state index in [1.807, 2.05) is 37.9 Å². The minimum absolute atomic E-state index is 0.243. The average Bonchev–Trinajstić information content (AvgIpc) is 2.21. The molecule has 0 spiro atoms. The van der Waals surface area contributed by atoms with Gasteiger partial charge in [-0.3, -0.25) is 4.98 Å². The molecular weight excluding hydrogens is 212 g/mol. The first-order valence-corrected chi connectivity index (χ1v) is 5.50. The number of anilines is 1. The van der Waals surface area contributed by atoms with Gasteiger partial charge in [-0.1, -0.05) is 6.58 Å². The molecule has 1 N–H and O–H groups in total. The summed E-state index contributed by atoms with van der Waals surface area (Å²) in [5.74, 6) is 0.243. The van der Waals surface area contributed by atoms with Crippen molar-refractivity contribution in [2.75, 3.05) is 4.90 Å². The van der Waals surface area contributed by atoms with Crippen molar-refractivity contribution in [2.24, 2.45) is 0 Å². The smallest absolute Gasteiger partial charge is 0.119 e. The predicted octanol–water partition coefficient (Wildman–Crippen LogP) is 3.38. The highest BCUT2D eigenvalue weighted by molar-refractivity contribution is 5.65. The molecule has 1 aliphatic rings. The molecule has 2 rings (SSSR count). The fourth-order valence-electron chi connectivity index (χ4n) is 1.98. The third kappa shape index (κ3) is 2.09. The summed E-state index contributed by atoms with van der Waals surface area (Å²) in [6, 6.07) is 2.02. The SMILES string of the molecule is C=C1C=C(O)C=C(C)N1c1cc(C)ncc1C. The molecule has 0 saturated heterocycles. The standard InChI is InChI=1S/C14H16N2O/c1-9-8-15-10(2)5-14(9)16-11(3)6-13(17)7-12(16)4/h5-8,17H,3H2,1-2,4H3. The van der Waals surface area contributed by atoms with E-state index in [4.69, 9.17) is 0 Å². The molecule has 0 aliphatic carbocycles. The molecular formula is C14H16N2O. The molecule has 3 nitrogen and oxygen atoms in total. The Labute approximate surface area is 101 Å². The van der Waals surface area contributed by atoms with Crippen LogP contribution in [0.1, 0.15) is 18.2 Å². The van der Waals surface area contributed by atoms with Crippen molar-refractivity contribution in [2.45, 2.75) is 20.8 Å². The highest BCUT2D eigenvalue weighted by atomic mass is 16.3. The first kappa shape index (κ1) is 11.5. The van der Waals surface area contributed by atoms with Gasteiger partial charge in [0.15, 0.2) is 0 Å². The summed E-state index contributed by atoms with van der Waals surface area (Å²) in [4.78, 5) is 6.28. The molecule has 88 valence electrons. The molecule has 0 saturated carbocycles. The molecule has 0 radical (unpaired) electrons. The van der Waals surface area contributed by atoms with E-state index < -0.39 is 0 Å². The van der Waals surface area contributed by atoms with Crippen molar-refractivity contribution < 1.29 is 5.11 Å². The fourth-order valence-corrected chi connectivity index (χ4v) is 1.98. The Hall–Kier alpha value is -2.03. The Kier molecular flexibility index (Phi) is 2.76. The van der Waals surface area contributed by atoms with Crippen LogP contribution in [0.2, 0.25) is 0 Å². The highest BCUT2D eigenvalue weighted by Crippen LogP contribution is 2.30. The number of aliphatic hydroxyl groups is 1. The van der Waals surface area contributed by atoms with Gasteiger partial charge in [-0.05, 0) is 38.5 Å². The second-order valence-electron chi connectivity index (χ2n) is 4.29. The van der Waals surface area contributed by atoms with Crippen LogP contribution in [0.15, 0.2) is 48.1 Å². The van der Waals surface area contributed by atoms with Crippen molar-refractivity contribution in [1.29, 1.82) is 0 Å². The molecule has 0 amide bonds. The van der Waals surface area contributed by atoms with Gasteiger partial charge in [-0.15, -0.1) is 0 Å². The monoisotopic (exact) mass is 228 g/mol. The van der Waals surface area contributed by atoms with E-state index in [2.05, 4.69) is 11.6 Å². The van der Waals surface area contributed by atoms with Gasteiger partial charge >= 0.3 is 0 Å². The van der Waals surface area contributed by atoms with Gasteiger partial charge in [0.25, 0.3) is 0 Å². The number of nitrogens with zero attached hydrogens (tertiary/aromatic N) is 2. The van der Waals surface area contributed by atoms with Gasteiger partial charge in [0, 0.05) is 29.4 Å². The number of aryl methyl sites for hydroxylation is 2. The Morgan fingerprint density at radius 3 is 2.59 bits per heavy atom. The van der Waals surface area contributed by atoms with Gasteiger partial charge in [-0.2, -0.15) is 0 Å². The number of pyridine rings is 1.